The molecule has 24 heavy (non-hydrogen) atoms. The Kier molecular flexibility index (Phi) is 4.57. The fourth-order valence-corrected chi connectivity index (χ4v) is 2.52. The minimum atomic E-state index is -0.972. The van der Waals surface area contributed by atoms with Gasteiger partial charge in [0.1, 0.15) is 5.75 Å². The van der Waals surface area contributed by atoms with E-state index in [1.165, 1.54) is 0 Å². The van der Waals surface area contributed by atoms with Crippen molar-refractivity contribution in [3.63, 3.8) is 0 Å². The highest BCUT2D eigenvalue weighted by Gasteiger charge is 2.16. The molecular weight excluding hydrogens is 302 g/mol. The van der Waals surface area contributed by atoms with E-state index in [0.29, 0.717) is 0 Å². The first-order valence-corrected chi connectivity index (χ1v) is 7.64. The maximum Gasteiger partial charge on any atom is 0.328 e. The third kappa shape index (κ3) is 3.79. The highest BCUT2D eigenvalue weighted by atomic mass is 16.4. The molecule has 0 unspecified atom stereocenters. The normalized spacial score (nSPS) is 12.5. The van der Waals surface area contributed by atoms with E-state index in [4.69, 9.17) is 0 Å². The van der Waals surface area contributed by atoms with Gasteiger partial charge >= 0.3 is 5.97 Å². The summed E-state index contributed by atoms with van der Waals surface area (Å²) in [7, 11) is 0. The van der Waals surface area contributed by atoms with Gasteiger partial charge < -0.3 is 10.2 Å². The Bertz CT molecular complexity index is 885. The van der Waals surface area contributed by atoms with E-state index in [9.17, 15) is 15.0 Å². The van der Waals surface area contributed by atoms with Crippen LogP contribution in [0.4, 0.5) is 0 Å². The second-order valence-electron chi connectivity index (χ2n) is 5.61. The predicted molar refractivity (Wildman–Crippen MR) is 94.8 cm³/mol. The lowest BCUT2D eigenvalue weighted by atomic mass is 10.1. The number of fused-ring (bicyclic) bond motifs is 1. The molecule has 2 N–H and O–H groups in total. The number of carboxylic acids is 1. The summed E-state index contributed by atoms with van der Waals surface area (Å²) < 4.78 is 0. The van der Waals surface area contributed by atoms with E-state index in [1.54, 1.807) is 30.5 Å². The Morgan fingerprint density at radius 2 is 1.71 bits per heavy atom. The lowest BCUT2D eigenvalue weighted by Gasteiger charge is -2.08. The first-order chi connectivity index (χ1) is 11.6. The molecule has 0 aliphatic heterocycles. The van der Waals surface area contributed by atoms with Crippen molar-refractivity contribution in [1.29, 1.82) is 0 Å². The molecule has 0 aliphatic carbocycles. The predicted octanol–water partition coefficient (Wildman–Crippen LogP) is 3.66. The molecule has 0 aromatic heterocycles. The van der Waals surface area contributed by atoms with E-state index in [-0.39, 0.29) is 12.2 Å². The van der Waals surface area contributed by atoms with Crippen LogP contribution in [0.15, 0.2) is 71.7 Å². The van der Waals surface area contributed by atoms with Gasteiger partial charge in [0.2, 0.25) is 0 Å². The molecule has 0 amide bonds. The minimum absolute atomic E-state index is 0.158. The Labute approximate surface area is 139 Å². The van der Waals surface area contributed by atoms with E-state index in [1.807, 2.05) is 42.5 Å². The molecule has 120 valence electrons. The van der Waals surface area contributed by atoms with Gasteiger partial charge in [-0.1, -0.05) is 48.5 Å². The van der Waals surface area contributed by atoms with E-state index < -0.39 is 12.0 Å². The maximum atomic E-state index is 11.4. The number of carboxylic acid groups (broad SMARTS) is 1. The zero-order valence-corrected chi connectivity index (χ0v) is 13.0. The van der Waals surface area contributed by atoms with Crippen LogP contribution in [0.5, 0.6) is 5.75 Å². The summed E-state index contributed by atoms with van der Waals surface area (Å²) in [6.45, 7) is 0. The highest BCUT2D eigenvalue weighted by Crippen LogP contribution is 2.16. The Morgan fingerprint density at radius 1 is 1.00 bits per heavy atom. The number of aliphatic carboxylic acids is 1. The van der Waals surface area contributed by atoms with Crippen LogP contribution < -0.4 is 0 Å². The smallest absolute Gasteiger partial charge is 0.328 e. The number of aliphatic imine (C=N–C) groups is 1. The number of benzene rings is 3. The molecule has 3 aromatic carbocycles. The summed E-state index contributed by atoms with van der Waals surface area (Å²) in [5.41, 5.74) is 1.68. The highest BCUT2D eigenvalue weighted by molar-refractivity contribution is 5.91. The quantitative estimate of drug-likeness (QED) is 0.705. The summed E-state index contributed by atoms with van der Waals surface area (Å²) in [5, 5.41) is 20.9. The summed E-state index contributed by atoms with van der Waals surface area (Å²) in [5.74, 6) is -0.814. The third-order valence-electron chi connectivity index (χ3n) is 3.83. The number of aromatic hydroxyl groups is 1. The zero-order chi connectivity index (χ0) is 16.9. The molecule has 0 spiro atoms. The molecule has 0 fully saturated rings. The molecule has 3 aromatic rings. The van der Waals surface area contributed by atoms with E-state index in [0.717, 1.165) is 21.9 Å². The number of phenolic OH excluding ortho intramolecular Hbond substituents is 1. The Morgan fingerprint density at radius 3 is 2.42 bits per heavy atom. The number of hydrogen-bond acceptors (Lipinski definition) is 3. The number of phenols is 1. The van der Waals surface area contributed by atoms with Gasteiger partial charge in [-0.05, 0) is 40.1 Å². The van der Waals surface area contributed by atoms with Gasteiger partial charge in [-0.3, -0.25) is 4.99 Å². The molecule has 0 aliphatic rings. The van der Waals surface area contributed by atoms with Crippen LogP contribution in [0, 0.1) is 0 Å². The van der Waals surface area contributed by atoms with Crippen molar-refractivity contribution < 1.29 is 15.0 Å². The van der Waals surface area contributed by atoms with Gasteiger partial charge in [-0.2, -0.15) is 0 Å². The number of hydrogen-bond donors (Lipinski definition) is 2. The standard InChI is InChI=1S/C20H17NO3/c22-18-9-6-14(7-10-18)12-19(20(23)24)21-13-15-5-8-16-3-1-2-4-17(16)11-15/h1-11,13,19,22H,12H2,(H,23,24)/t19-/m1/s1. The summed E-state index contributed by atoms with van der Waals surface area (Å²) in [4.78, 5) is 15.7. The summed E-state index contributed by atoms with van der Waals surface area (Å²) in [6.07, 6.45) is 1.88. The largest absolute Gasteiger partial charge is 0.508 e. The molecule has 0 saturated heterocycles. The van der Waals surface area contributed by atoms with Crippen LogP contribution in [-0.2, 0) is 11.2 Å². The van der Waals surface area contributed by atoms with Crippen molar-refractivity contribution in [1.82, 2.24) is 0 Å². The number of carbonyl (C=O) groups is 1. The molecule has 4 heteroatoms. The minimum Gasteiger partial charge on any atom is -0.508 e. The zero-order valence-electron chi connectivity index (χ0n) is 13.0. The van der Waals surface area contributed by atoms with Gasteiger partial charge in [0.15, 0.2) is 6.04 Å². The fraction of sp³-hybridized carbons (Fsp3) is 0.100. The van der Waals surface area contributed by atoms with Crippen LogP contribution in [0.25, 0.3) is 10.8 Å². The maximum absolute atomic E-state index is 11.4. The molecular formula is C20H17NO3. The van der Waals surface area contributed by atoms with Crippen molar-refractivity contribution in [2.45, 2.75) is 12.5 Å². The van der Waals surface area contributed by atoms with Gasteiger partial charge in [-0.15, -0.1) is 0 Å². The van der Waals surface area contributed by atoms with Gasteiger partial charge in [0, 0.05) is 12.6 Å². The fourth-order valence-electron chi connectivity index (χ4n) is 2.52. The SMILES string of the molecule is O=C(O)[C@@H](Cc1ccc(O)cc1)N=Cc1ccc2ccccc2c1. The lowest BCUT2D eigenvalue weighted by molar-refractivity contribution is -0.138. The number of rotatable bonds is 5. The van der Waals surface area contributed by atoms with Crippen LogP contribution in [0.2, 0.25) is 0 Å². The van der Waals surface area contributed by atoms with Gasteiger partial charge in [-0.25, -0.2) is 4.79 Å². The Hall–Kier alpha value is -3.14. The van der Waals surface area contributed by atoms with Crippen molar-refractivity contribution >= 4 is 23.0 Å². The van der Waals surface area contributed by atoms with Crippen molar-refractivity contribution in [3.05, 3.63) is 77.9 Å². The first kappa shape index (κ1) is 15.7. The Balaban J connectivity index is 1.79. The second-order valence-corrected chi connectivity index (χ2v) is 5.61. The van der Waals surface area contributed by atoms with Gasteiger partial charge in [0.05, 0.1) is 0 Å². The van der Waals surface area contributed by atoms with E-state index in [2.05, 4.69) is 4.99 Å². The second kappa shape index (κ2) is 6.96. The van der Waals surface area contributed by atoms with Crippen molar-refractivity contribution in [2.75, 3.05) is 0 Å². The topological polar surface area (TPSA) is 69.9 Å². The molecule has 4 nitrogen and oxygen atoms in total. The van der Waals surface area contributed by atoms with Gasteiger partial charge in [0.25, 0.3) is 0 Å². The molecule has 0 heterocycles. The molecule has 0 bridgehead atoms. The third-order valence-corrected chi connectivity index (χ3v) is 3.83. The van der Waals surface area contributed by atoms with E-state index >= 15 is 0 Å². The summed E-state index contributed by atoms with van der Waals surface area (Å²) in [6, 6.07) is 19.5. The molecule has 0 saturated carbocycles. The van der Waals surface area contributed by atoms with Crippen LogP contribution >= 0.6 is 0 Å². The summed E-state index contributed by atoms with van der Waals surface area (Å²) >= 11 is 0. The van der Waals surface area contributed by atoms with Crippen molar-refractivity contribution in [2.24, 2.45) is 4.99 Å². The monoisotopic (exact) mass is 319 g/mol. The molecule has 1 atom stereocenters. The lowest BCUT2D eigenvalue weighted by Crippen LogP contribution is -2.20. The average molecular weight is 319 g/mol. The molecule has 0 radical (unpaired) electrons. The average Bonchev–Trinajstić information content (AvgIpc) is 2.60. The van der Waals surface area contributed by atoms with Crippen LogP contribution in [0.1, 0.15) is 11.1 Å². The first-order valence-electron chi connectivity index (χ1n) is 7.64. The van der Waals surface area contributed by atoms with Crippen LogP contribution in [0.3, 0.4) is 0 Å². The van der Waals surface area contributed by atoms with Crippen LogP contribution in [-0.4, -0.2) is 28.4 Å². The number of nitrogens with zero attached hydrogens (tertiary/aromatic N) is 1. The van der Waals surface area contributed by atoms with Crippen molar-refractivity contribution in [3.8, 4) is 5.75 Å². The molecule has 3 rings (SSSR count).